The number of hydrogen-bond acceptors (Lipinski definition) is 4. The molecule has 0 aromatic heterocycles. The van der Waals surface area contributed by atoms with Gasteiger partial charge in [0, 0.05) is 5.69 Å². The zero-order valence-corrected chi connectivity index (χ0v) is 15.6. The molecule has 1 amide bonds. The Hall–Kier alpha value is -2.99. The maximum Gasteiger partial charge on any atom is 0.323 e. The average Bonchev–Trinajstić information content (AvgIpc) is 2.83. The first-order valence-corrected chi connectivity index (χ1v) is 9.45. The number of fused-ring (bicyclic) bond motifs is 1. The third kappa shape index (κ3) is 4.84. The van der Waals surface area contributed by atoms with Gasteiger partial charge in [-0.1, -0.05) is 48.5 Å². The summed E-state index contributed by atoms with van der Waals surface area (Å²) in [6.45, 7) is -0.399. The molecule has 1 heterocycles. The first-order valence-electron chi connectivity index (χ1n) is 9.45. The van der Waals surface area contributed by atoms with Crippen LogP contribution in [0, 0.1) is 0 Å². The highest BCUT2D eigenvalue weighted by Crippen LogP contribution is 2.27. The summed E-state index contributed by atoms with van der Waals surface area (Å²) >= 11 is 0. The molecule has 0 bridgehead atoms. The number of benzene rings is 2. The summed E-state index contributed by atoms with van der Waals surface area (Å²) in [5.74, 6) is -1.38. The van der Waals surface area contributed by atoms with Crippen LogP contribution in [0.5, 0.6) is 0 Å². The van der Waals surface area contributed by atoms with Crippen molar-refractivity contribution < 1.29 is 19.5 Å². The minimum absolute atomic E-state index is 0.307. The Balaban J connectivity index is 1.73. The summed E-state index contributed by atoms with van der Waals surface area (Å²) in [5, 5.41) is 12.4. The standard InChI is InChI=1S/C22H24N2O4/c25-15-18(12-10-16-6-2-1-3-7-16)23-19-13-11-17-8-4-5-9-20(17)24(22(19)28)14-21(26)27/h1-9,15,18-19,23H,10-14H2,(H,26,27)/t18-,19-/m0/s1. The molecule has 0 saturated carbocycles. The predicted molar refractivity (Wildman–Crippen MR) is 106 cm³/mol. The smallest absolute Gasteiger partial charge is 0.323 e. The van der Waals surface area contributed by atoms with E-state index in [1.54, 1.807) is 12.1 Å². The molecular weight excluding hydrogens is 356 g/mol. The molecule has 2 aromatic rings. The molecule has 2 atom stereocenters. The van der Waals surface area contributed by atoms with Gasteiger partial charge >= 0.3 is 5.97 Å². The Morgan fingerprint density at radius 2 is 1.89 bits per heavy atom. The predicted octanol–water partition coefficient (Wildman–Crippen LogP) is 2.21. The number of carboxylic acid groups (broad SMARTS) is 1. The van der Waals surface area contributed by atoms with Crippen LogP contribution in [-0.4, -0.2) is 41.9 Å². The van der Waals surface area contributed by atoms with Crippen molar-refractivity contribution in [3.63, 3.8) is 0 Å². The van der Waals surface area contributed by atoms with Crippen molar-refractivity contribution in [1.82, 2.24) is 5.32 Å². The van der Waals surface area contributed by atoms with Crippen molar-refractivity contribution in [1.29, 1.82) is 0 Å². The number of aliphatic carboxylic acids is 1. The number of carbonyl (C=O) groups excluding carboxylic acids is 2. The highest BCUT2D eigenvalue weighted by atomic mass is 16.4. The van der Waals surface area contributed by atoms with Crippen LogP contribution in [0.1, 0.15) is 24.0 Å². The second-order valence-electron chi connectivity index (χ2n) is 6.97. The summed E-state index contributed by atoms with van der Waals surface area (Å²) in [7, 11) is 0. The Morgan fingerprint density at radius 1 is 1.18 bits per heavy atom. The number of anilines is 1. The maximum absolute atomic E-state index is 13.1. The molecule has 2 N–H and O–H groups in total. The van der Waals surface area contributed by atoms with E-state index in [9.17, 15) is 19.5 Å². The molecule has 0 fully saturated rings. The molecule has 3 rings (SSSR count). The molecule has 0 saturated heterocycles. The zero-order chi connectivity index (χ0) is 19.9. The van der Waals surface area contributed by atoms with Crippen LogP contribution in [0.15, 0.2) is 54.6 Å². The number of nitrogens with zero attached hydrogens (tertiary/aromatic N) is 1. The molecule has 0 unspecified atom stereocenters. The van der Waals surface area contributed by atoms with Gasteiger partial charge in [-0.25, -0.2) is 0 Å². The molecule has 6 nitrogen and oxygen atoms in total. The zero-order valence-electron chi connectivity index (χ0n) is 15.6. The minimum Gasteiger partial charge on any atom is -0.480 e. The number of carbonyl (C=O) groups is 3. The lowest BCUT2D eigenvalue weighted by Crippen LogP contribution is -2.51. The fourth-order valence-electron chi connectivity index (χ4n) is 3.58. The van der Waals surface area contributed by atoms with Crippen molar-refractivity contribution in [3.05, 3.63) is 65.7 Å². The SMILES string of the molecule is O=C[C@H](CCc1ccccc1)N[C@H]1CCc2ccccc2N(CC(=O)O)C1=O. The molecule has 0 aliphatic carbocycles. The van der Waals surface area contributed by atoms with Crippen molar-refractivity contribution >= 4 is 23.9 Å². The van der Waals surface area contributed by atoms with Crippen molar-refractivity contribution in [2.45, 2.75) is 37.8 Å². The van der Waals surface area contributed by atoms with Gasteiger partial charge in [0.15, 0.2) is 0 Å². The average molecular weight is 380 g/mol. The van der Waals surface area contributed by atoms with E-state index >= 15 is 0 Å². The quantitative estimate of drug-likeness (QED) is 0.686. The van der Waals surface area contributed by atoms with Crippen LogP contribution in [0.3, 0.4) is 0 Å². The number of hydrogen-bond donors (Lipinski definition) is 2. The number of para-hydroxylation sites is 1. The van der Waals surface area contributed by atoms with Gasteiger partial charge in [0.05, 0.1) is 12.1 Å². The number of rotatable bonds is 8. The second-order valence-corrected chi connectivity index (χ2v) is 6.97. The molecule has 6 heteroatoms. The number of carboxylic acids is 1. The number of aldehydes is 1. The summed E-state index contributed by atoms with van der Waals surface area (Å²) in [5.41, 5.74) is 2.70. The molecule has 28 heavy (non-hydrogen) atoms. The van der Waals surface area contributed by atoms with Gasteiger partial charge in [-0.3, -0.25) is 19.8 Å². The maximum atomic E-state index is 13.1. The molecule has 1 aliphatic heterocycles. The Labute approximate surface area is 164 Å². The number of nitrogens with one attached hydrogen (secondary N) is 1. The minimum atomic E-state index is -1.07. The largest absolute Gasteiger partial charge is 0.480 e. The Morgan fingerprint density at radius 3 is 2.61 bits per heavy atom. The van der Waals surface area contributed by atoms with Crippen LogP contribution < -0.4 is 10.2 Å². The van der Waals surface area contributed by atoms with E-state index < -0.39 is 24.6 Å². The number of aryl methyl sites for hydroxylation is 2. The Bertz CT molecular complexity index is 837. The Kier molecular flexibility index (Phi) is 6.55. The van der Waals surface area contributed by atoms with Crippen molar-refractivity contribution in [2.24, 2.45) is 0 Å². The van der Waals surface area contributed by atoms with E-state index in [2.05, 4.69) is 5.32 Å². The summed E-state index contributed by atoms with van der Waals surface area (Å²) in [6.07, 6.45) is 3.28. The van der Waals surface area contributed by atoms with Gasteiger partial charge < -0.3 is 9.90 Å². The molecule has 2 aromatic carbocycles. The van der Waals surface area contributed by atoms with E-state index in [4.69, 9.17) is 0 Å². The molecule has 0 spiro atoms. The van der Waals surface area contributed by atoms with E-state index in [0.29, 0.717) is 24.9 Å². The fraction of sp³-hybridized carbons (Fsp3) is 0.318. The first-order chi connectivity index (χ1) is 13.6. The lowest BCUT2D eigenvalue weighted by molar-refractivity contribution is -0.137. The van der Waals surface area contributed by atoms with E-state index in [1.807, 2.05) is 42.5 Å². The van der Waals surface area contributed by atoms with E-state index in [-0.39, 0.29) is 5.91 Å². The van der Waals surface area contributed by atoms with E-state index in [0.717, 1.165) is 23.8 Å². The highest BCUT2D eigenvalue weighted by molar-refractivity contribution is 6.01. The molecule has 0 radical (unpaired) electrons. The normalized spacial score (nSPS) is 17.5. The molecule has 146 valence electrons. The lowest BCUT2D eigenvalue weighted by atomic mass is 10.0. The number of amides is 1. The van der Waals surface area contributed by atoms with Crippen LogP contribution in [0.2, 0.25) is 0 Å². The first kappa shape index (κ1) is 19.8. The van der Waals surface area contributed by atoms with E-state index in [1.165, 1.54) is 4.90 Å². The van der Waals surface area contributed by atoms with Gasteiger partial charge in [0.2, 0.25) is 5.91 Å². The van der Waals surface area contributed by atoms with Crippen LogP contribution in [0.4, 0.5) is 5.69 Å². The molecular formula is C22H24N2O4. The monoisotopic (exact) mass is 380 g/mol. The van der Waals surface area contributed by atoms with Crippen LogP contribution >= 0.6 is 0 Å². The highest BCUT2D eigenvalue weighted by Gasteiger charge is 2.32. The third-order valence-electron chi connectivity index (χ3n) is 5.01. The van der Waals surface area contributed by atoms with Crippen molar-refractivity contribution in [3.8, 4) is 0 Å². The van der Waals surface area contributed by atoms with Gasteiger partial charge in [-0.2, -0.15) is 0 Å². The van der Waals surface area contributed by atoms with Crippen LogP contribution in [-0.2, 0) is 27.2 Å². The van der Waals surface area contributed by atoms with Gasteiger partial charge in [0.25, 0.3) is 0 Å². The van der Waals surface area contributed by atoms with Crippen molar-refractivity contribution in [2.75, 3.05) is 11.4 Å². The van der Waals surface area contributed by atoms with Gasteiger partial charge in [0.1, 0.15) is 12.8 Å². The molecule has 1 aliphatic rings. The summed E-state index contributed by atoms with van der Waals surface area (Å²) in [6, 6.07) is 16.1. The second kappa shape index (κ2) is 9.28. The van der Waals surface area contributed by atoms with Gasteiger partial charge in [-0.05, 0) is 42.9 Å². The van der Waals surface area contributed by atoms with Crippen LogP contribution in [0.25, 0.3) is 0 Å². The lowest BCUT2D eigenvalue weighted by Gasteiger charge is -2.26. The third-order valence-corrected chi connectivity index (χ3v) is 5.01. The summed E-state index contributed by atoms with van der Waals surface area (Å²) < 4.78 is 0. The summed E-state index contributed by atoms with van der Waals surface area (Å²) in [4.78, 5) is 37.3. The topological polar surface area (TPSA) is 86.7 Å². The fourth-order valence-corrected chi connectivity index (χ4v) is 3.58. The van der Waals surface area contributed by atoms with Gasteiger partial charge in [-0.15, -0.1) is 0 Å².